The van der Waals surface area contributed by atoms with Crippen LogP contribution in [-0.4, -0.2) is 16.2 Å². The summed E-state index contributed by atoms with van der Waals surface area (Å²) >= 11 is 0. The van der Waals surface area contributed by atoms with E-state index in [0.29, 0.717) is 0 Å². The van der Waals surface area contributed by atoms with E-state index in [1.54, 1.807) is 0 Å². The highest BCUT2D eigenvalue weighted by molar-refractivity contribution is 5.68. The molecule has 2 N–H and O–H groups in total. The molecule has 3 nitrogen and oxygen atoms in total. The minimum absolute atomic E-state index is 0.196. The molecule has 0 heterocycles. The molecule has 0 spiro atoms. The number of aromatic hydroxyl groups is 1. The zero-order valence-electron chi connectivity index (χ0n) is 7.68. The first-order chi connectivity index (χ1) is 7.24. The van der Waals surface area contributed by atoms with Gasteiger partial charge in [0.25, 0.3) is 5.92 Å². The third-order valence-electron chi connectivity index (χ3n) is 1.80. The molecule has 0 fully saturated rings. The van der Waals surface area contributed by atoms with E-state index in [1.807, 2.05) is 0 Å². The Balaban J connectivity index is 3.26. The lowest BCUT2D eigenvalue weighted by Gasteiger charge is -2.16. The molecular formula is C9H6F4O3. The highest BCUT2D eigenvalue weighted by Crippen LogP contribution is 2.38. The van der Waals surface area contributed by atoms with Gasteiger partial charge in [-0.3, -0.25) is 4.79 Å². The van der Waals surface area contributed by atoms with E-state index >= 15 is 0 Å². The Kier molecular flexibility index (Phi) is 3.06. The number of hydrogen-bond acceptors (Lipinski definition) is 2. The Morgan fingerprint density at radius 1 is 1.31 bits per heavy atom. The van der Waals surface area contributed by atoms with E-state index in [9.17, 15) is 22.4 Å². The summed E-state index contributed by atoms with van der Waals surface area (Å²) < 4.78 is 51.7. The Morgan fingerprint density at radius 3 is 2.38 bits per heavy atom. The first-order valence-electron chi connectivity index (χ1n) is 4.02. The quantitative estimate of drug-likeness (QED) is 0.794. The molecule has 88 valence electrons. The largest absolute Gasteiger partial charge is 0.504 e. The predicted octanol–water partition coefficient (Wildman–Crippen LogP) is 2.24. The van der Waals surface area contributed by atoms with Gasteiger partial charge in [-0.1, -0.05) is 0 Å². The van der Waals surface area contributed by atoms with Crippen molar-refractivity contribution in [2.75, 3.05) is 0 Å². The maximum absolute atomic E-state index is 13.2. The van der Waals surface area contributed by atoms with Crippen LogP contribution in [0.15, 0.2) is 12.1 Å². The number of carbonyl (C=O) groups is 1. The first kappa shape index (κ1) is 12.3. The lowest BCUT2D eigenvalue weighted by molar-refractivity contribution is -0.145. The molecule has 0 aliphatic carbocycles. The fourth-order valence-corrected chi connectivity index (χ4v) is 1.13. The molecule has 0 saturated carbocycles. The van der Waals surface area contributed by atoms with Crippen molar-refractivity contribution in [1.29, 1.82) is 0 Å². The molecule has 0 radical (unpaired) electrons. The third-order valence-corrected chi connectivity index (χ3v) is 1.80. The van der Waals surface area contributed by atoms with Crippen LogP contribution in [0.1, 0.15) is 12.0 Å². The van der Waals surface area contributed by atoms with Crippen LogP contribution in [0, 0.1) is 11.6 Å². The highest BCUT2D eigenvalue weighted by atomic mass is 19.3. The van der Waals surface area contributed by atoms with Crippen LogP contribution in [0.4, 0.5) is 17.6 Å². The van der Waals surface area contributed by atoms with Gasteiger partial charge in [-0.2, -0.15) is 0 Å². The van der Waals surface area contributed by atoms with Crippen LogP contribution >= 0.6 is 0 Å². The lowest BCUT2D eigenvalue weighted by atomic mass is 10.0. The summed E-state index contributed by atoms with van der Waals surface area (Å²) in [6.07, 6.45) is -1.66. The Bertz CT molecular complexity index is 431. The van der Waals surface area contributed by atoms with E-state index in [2.05, 4.69) is 0 Å². The summed E-state index contributed by atoms with van der Waals surface area (Å²) in [4.78, 5) is 10.1. The summed E-state index contributed by atoms with van der Waals surface area (Å²) in [5.41, 5.74) is -1.38. The fraction of sp³-hybridized carbons (Fsp3) is 0.222. The predicted molar refractivity (Wildman–Crippen MR) is 44.2 cm³/mol. The second-order valence-electron chi connectivity index (χ2n) is 3.06. The summed E-state index contributed by atoms with van der Waals surface area (Å²) in [6.45, 7) is 0. The molecule has 0 bridgehead atoms. The van der Waals surface area contributed by atoms with Crippen molar-refractivity contribution in [2.45, 2.75) is 12.3 Å². The van der Waals surface area contributed by atoms with Gasteiger partial charge in [0.1, 0.15) is 12.2 Å². The van der Waals surface area contributed by atoms with Crippen molar-refractivity contribution < 1.29 is 32.6 Å². The van der Waals surface area contributed by atoms with Gasteiger partial charge in [-0.05, 0) is 6.07 Å². The summed E-state index contributed by atoms with van der Waals surface area (Å²) in [5.74, 6) is -10.2. The van der Waals surface area contributed by atoms with Crippen molar-refractivity contribution >= 4 is 5.97 Å². The van der Waals surface area contributed by atoms with E-state index in [4.69, 9.17) is 10.2 Å². The fourth-order valence-electron chi connectivity index (χ4n) is 1.13. The zero-order chi connectivity index (χ0) is 12.5. The van der Waals surface area contributed by atoms with Crippen LogP contribution in [0.5, 0.6) is 5.75 Å². The summed E-state index contributed by atoms with van der Waals surface area (Å²) in [6, 6.07) is 0.414. The van der Waals surface area contributed by atoms with Crippen LogP contribution in [0.2, 0.25) is 0 Å². The molecule has 7 heteroatoms. The molecule has 0 saturated heterocycles. The van der Waals surface area contributed by atoms with Crippen molar-refractivity contribution in [1.82, 2.24) is 0 Å². The number of carboxylic acid groups (broad SMARTS) is 1. The standard InChI is InChI=1S/C9H6F4O3/c10-4-1-5(8(16)6(11)2-4)9(12,13)3-7(14)15/h1-2,16H,3H2,(H,14,15). The van der Waals surface area contributed by atoms with Crippen LogP contribution in [0.3, 0.4) is 0 Å². The number of halogens is 4. The molecule has 1 aromatic rings. The summed E-state index contributed by atoms with van der Waals surface area (Å²) in [7, 11) is 0. The number of phenolic OH excluding ortho intramolecular Hbond substituents is 1. The number of aliphatic carboxylic acids is 1. The van der Waals surface area contributed by atoms with Gasteiger partial charge in [0.05, 0.1) is 5.56 Å². The SMILES string of the molecule is O=C(O)CC(F)(F)c1cc(F)cc(F)c1O. The molecule has 0 amide bonds. The first-order valence-corrected chi connectivity index (χ1v) is 4.02. The van der Waals surface area contributed by atoms with Gasteiger partial charge >= 0.3 is 5.97 Å². The highest BCUT2D eigenvalue weighted by Gasteiger charge is 2.38. The average Bonchev–Trinajstić information content (AvgIpc) is 2.08. The van der Waals surface area contributed by atoms with E-state index in [0.717, 1.165) is 0 Å². The topological polar surface area (TPSA) is 57.5 Å². The molecule has 0 atom stereocenters. The molecule has 0 unspecified atom stereocenters. The average molecular weight is 238 g/mol. The minimum Gasteiger partial charge on any atom is -0.504 e. The second-order valence-corrected chi connectivity index (χ2v) is 3.06. The van der Waals surface area contributed by atoms with Crippen LogP contribution < -0.4 is 0 Å². The van der Waals surface area contributed by atoms with Gasteiger partial charge < -0.3 is 10.2 Å². The number of alkyl halides is 2. The van der Waals surface area contributed by atoms with Crippen molar-refractivity contribution in [3.8, 4) is 5.75 Å². The molecule has 16 heavy (non-hydrogen) atoms. The van der Waals surface area contributed by atoms with Crippen molar-refractivity contribution in [2.24, 2.45) is 0 Å². The molecule has 0 aliphatic heterocycles. The summed E-state index contributed by atoms with van der Waals surface area (Å²) in [5, 5.41) is 17.1. The van der Waals surface area contributed by atoms with Crippen LogP contribution in [-0.2, 0) is 10.7 Å². The van der Waals surface area contributed by atoms with Gasteiger partial charge in [0.15, 0.2) is 11.6 Å². The number of carboxylic acids is 1. The lowest BCUT2D eigenvalue weighted by Crippen LogP contribution is -2.19. The van der Waals surface area contributed by atoms with Crippen molar-refractivity contribution in [3.05, 3.63) is 29.3 Å². The second kappa shape index (κ2) is 3.99. The van der Waals surface area contributed by atoms with Gasteiger partial charge in [-0.25, -0.2) is 17.6 Å². The normalized spacial score (nSPS) is 11.5. The zero-order valence-corrected chi connectivity index (χ0v) is 7.68. The van der Waals surface area contributed by atoms with E-state index < -0.39 is 41.3 Å². The third kappa shape index (κ3) is 2.41. The van der Waals surface area contributed by atoms with E-state index in [-0.39, 0.29) is 12.1 Å². The molecular weight excluding hydrogens is 232 g/mol. The van der Waals surface area contributed by atoms with Crippen molar-refractivity contribution in [3.63, 3.8) is 0 Å². The minimum atomic E-state index is -4.04. The Labute approximate surface area is 86.9 Å². The maximum Gasteiger partial charge on any atom is 0.309 e. The van der Waals surface area contributed by atoms with Gasteiger partial charge in [0, 0.05) is 6.07 Å². The number of rotatable bonds is 3. The van der Waals surface area contributed by atoms with E-state index in [1.165, 1.54) is 0 Å². The van der Waals surface area contributed by atoms with Crippen LogP contribution in [0.25, 0.3) is 0 Å². The van der Waals surface area contributed by atoms with Gasteiger partial charge in [-0.15, -0.1) is 0 Å². The molecule has 0 aliphatic rings. The Morgan fingerprint density at radius 2 is 1.88 bits per heavy atom. The van der Waals surface area contributed by atoms with Gasteiger partial charge in [0.2, 0.25) is 0 Å². The Hall–Kier alpha value is -1.79. The number of benzene rings is 1. The molecule has 0 aromatic heterocycles. The number of hydrogen-bond donors (Lipinski definition) is 2. The molecule has 1 aromatic carbocycles. The monoisotopic (exact) mass is 238 g/mol. The maximum atomic E-state index is 13.2. The molecule has 1 rings (SSSR count). The smallest absolute Gasteiger partial charge is 0.309 e. The number of phenols is 1.